The Bertz CT molecular complexity index is 1420. The first-order valence-electron chi connectivity index (χ1n) is 14.7. The predicted molar refractivity (Wildman–Crippen MR) is 160 cm³/mol. The van der Waals surface area contributed by atoms with Gasteiger partial charge in [-0.1, -0.05) is 85.3 Å². The molecular weight excluding hydrogens is 554 g/mol. The molecule has 8 nitrogen and oxygen atoms in total. The minimum Gasteiger partial charge on any atom is -0.394 e. The van der Waals surface area contributed by atoms with E-state index < -0.39 is 35.6 Å². The number of rotatable bonds is 7. The van der Waals surface area contributed by atoms with Gasteiger partial charge >= 0.3 is 0 Å². The number of para-hydroxylation sites is 1. The van der Waals surface area contributed by atoms with Gasteiger partial charge in [0.1, 0.15) is 11.6 Å². The van der Waals surface area contributed by atoms with Gasteiger partial charge in [0.05, 0.1) is 41.3 Å². The van der Waals surface area contributed by atoms with Crippen molar-refractivity contribution in [3.63, 3.8) is 0 Å². The highest BCUT2D eigenvalue weighted by atomic mass is 35.5. The number of halogens is 1. The van der Waals surface area contributed by atoms with Crippen LogP contribution in [0.5, 0.6) is 0 Å². The Morgan fingerprint density at radius 2 is 1.81 bits per heavy atom. The van der Waals surface area contributed by atoms with Gasteiger partial charge in [0, 0.05) is 19.6 Å². The van der Waals surface area contributed by atoms with Gasteiger partial charge in [-0.15, -0.1) is 0 Å². The molecule has 220 valence electrons. The average Bonchev–Trinajstić information content (AvgIpc) is 3.31. The highest BCUT2D eigenvalue weighted by molar-refractivity contribution is 6.34. The molecule has 6 rings (SSSR count). The van der Waals surface area contributed by atoms with Gasteiger partial charge in [0.25, 0.3) is 5.91 Å². The van der Waals surface area contributed by atoms with Crippen molar-refractivity contribution in [1.82, 2.24) is 9.80 Å². The van der Waals surface area contributed by atoms with Crippen LogP contribution in [0.2, 0.25) is 5.02 Å². The van der Waals surface area contributed by atoms with E-state index in [1.807, 2.05) is 80.6 Å². The molecule has 42 heavy (non-hydrogen) atoms. The Balaban J connectivity index is 1.49. The Morgan fingerprint density at radius 3 is 2.52 bits per heavy atom. The minimum absolute atomic E-state index is 0.143. The van der Waals surface area contributed by atoms with Crippen molar-refractivity contribution >= 4 is 35.0 Å². The van der Waals surface area contributed by atoms with E-state index in [2.05, 4.69) is 0 Å². The van der Waals surface area contributed by atoms with Crippen molar-refractivity contribution < 1.29 is 24.2 Å². The summed E-state index contributed by atoms with van der Waals surface area (Å²) in [6.45, 7) is 4.79. The van der Waals surface area contributed by atoms with Gasteiger partial charge < -0.3 is 24.5 Å². The van der Waals surface area contributed by atoms with Crippen molar-refractivity contribution in [3.8, 4) is 0 Å². The van der Waals surface area contributed by atoms with E-state index in [1.54, 1.807) is 15.9 Å². The molecule has 1 N–H and O–H groups in total. The van der Waals surface area contributed by atoms with Crippen LogP contribution in [0.3, 0.4) is 0 Å². The molecule has 0 bridgehead atoms. The molecule has 2 aromatic rings. The summed E-state index contributed by atoms with van der Waals surface area (Å²) in [5, 5.41) is 11.1. The number of carbonyl (C=O) groups is 3. The Morgan fingerprint density at radius 1 is 1.02 bits per heavy atom. The highest BCUT2D eigenvalue weighted by Gasteiger charge is 2.72. The molecule has 2 aromatic carbocycles. The fourth-order valence-electron chi connectivity index (χ4n) is 7.30. The number of nitrogens with zero attached hydrogens (tertiary/aromatic N) is 3. The molecule has 1 unspecified atom stereocenters. The molecule has 2 fully saturated rings. The van der Waals surface area contributed by atoms with Crippen LogP contribution in [0.4, 0.5) is 5.69 Å². The average molecular weight is 590 g/mol. The summed E-state index contributed by atoms with van der Waals surface area (Å²) in [5.74, 6) is -2.54. The monoisotopic (exact) mass is 589 g/mol. The van der Waals surface area contributed by atoms with Gasteiger partial charge in [-0.05, 0) is 37.0 Å². The number of aliphatic hydroxyl groups is 1. The standard InChI is InChI=1S/C33H36ClN3O5/c1-3-16-35-17-8-14-25-26(30(35)39)27-31(40)37(23(20-38)19-22-11-5-4-6-12-22)29-32(41)36(18-9-15-33(27,29)42-25)28-21(2)10-7-13-24(28)34/h4-15,23,25-27,29,38H,3,16-20H2,1-2H3/t23-,25+,26-,27+,29?,33+/m1/s1. The van der Waals surface area contributed by atoms with Gasteiger partial charge in [0.15, 0.2) is 0 Å². The van der Waals surface area contributed by atoms with E-state index in [4.69, 9.17) is 16.3 Å². The molecule has 0 aromatic heterocycles. The second-order valence-corrected chi connectivity index (χ2v) is 12.0. The Labute approximate surface area is 251 Å². The van der Waals surface area contributed by atoms with Crippen molar-refractivity contribution in [3.05, 3.63) is 89.0 Å². The fourth-order valence-corrected chi connectivity index (χ4v) is 7.62. The minimum atomic E-state index is -1.38. The summed E-state index contributed by atoms with van der Waals surface area (Å²) in [5.41, 5.74) is 0.934. The second-order valence-electron chi connectivity index (χ2n) is 11.6. The van der Waals surface area contributed by atoms with Crippen LogP contribution in [0, 0.1) is 18.8 Å². The lowest BCUT2D eigenvalue weighted by atomic mass is 9.77. The highest BCUT2D eigenvalue weighted by Crippen LogP contribution is 2.54. The van der Waals surface area contributed by atoms with Crippen LogP contribution in [0.15, 0.2) is 72.8 Å². The molecule has 4 heterocycles. The zero-order chi connectivity index (χ0) is 29.6. The normalized spacial score (nSPS) is 29.3. The maximum atomic E-state index is 14.8. The lowest BCUT2D eigenvalue weighted by molar-refractivity contribution is -0.146. The largest absolute Gasteiger partial charge is 0.394 e. The van der Waals surface area contributed by atoms with Crippen molar-refractivity contribution in [2.75, 3.05) is 31.1 Å². The van der Waals surface area contributed by atoms with Gasteiger partial charge in [-0.25, -0.2) is 0 Å². The first-order chi connectivity index (χ1) is 20.3. The number of amides is 3. The summed E-state index contributed by atoms with van der Waals surface area (Å²) < 4.78 is 6.75. The molecule has 1 spiro atoms. The van der Waals surface area contributed by atoms with Crippen LogP contribution in [-0.2, 0) is 25.5 Å². The maximum absolute atomic E-state index is 14.8. The second kappa shape index (κ2) is 11.3. The van der Waals surface area contributed by atoms with E-state index in [-0.39, 0.29) is 30.9 Å². The zero-order valence-corrected chi connectivity index (χ0v) is 24.6. The predicted octanol–water partition coefficient (Wildman–Crippen LogP) is 3.54. The molecular formula is C33H36ClN3O5. The summed E-state index contributed by atoms with van der Waals surface area (Å²) in [7, 11) is 0. The Kier molecular flexibility index (Phi) is 7.72. The number of carbonyl (C=O) groups excluding carboxylic acids is 3. The first kappa shape index (κ1) is 28.6. The topological polar surface area (TPSA) is 90.4 Å². The van der Waals surface area contributed by atoms with Crippen LogP contribution < -0.4 is 4.90 Å². The molecule has 4 aliphatic rings. The third kappa shape index (κ3) is 4.48. The molecule has 6 atom stereocenters. The number of hydrogen-bond acceptors (Lipinski definition) is 5. The number of fused-ring (bicyclic) bond motifs is 2. The summed E-state index contributed by atoms with van der Waals surface area (Å²) in [6.07, 6.45) is 7.93. The maximum Gasteiger partial charge on any atom is 0.253 e. The van der Waals surface area contributed by atoms with Crippen LogP contribution in [0.1, 0.15) is 24.5 Å². The third-order valence-corrected chi connectivity index (χ3v) is 9.36. The number of hydrogen-bond donors (Lipinski definition) is 1. The van der Waals surface area contributed by atoms with E-state index in [9.17, 15) is 19.5 Å². The number of likely N-dealkylation sites (tertiary alicyclic amines) is 1. The van der Waals surface area contributed by atoms with E-state index in [0.717, 1.165) is 17.5 Å². The number of aliphatic hydroxyl groups excluding tert-OH is 1. The first-order valence-corrected chi connectivity index (χ1v) is 15.0. The summed E-state index contributed by atoms with van der Waals surface area (Å²) >= 11 is 6.65. The number of aryl methyl sites for hydroxylation is 1. The number of ether oxygens (including phenoxy) is 1. The SMILES string of the molecule is CCCN1CC=C[C@@H]2O[C@]34C=CCN(c5c(C)cccc5Cl)C(=O)C3N([C@@H](CO)Cc3ccccc3)C(=O)[C@@H]4[C@@H]2C1=O. The zero-order valence-electron chi connectivity index (χ0n) is 23.9. The quantitative estimate of drug-likeness (QED) is 0.499. The molecule has 9 heteroatoms. The number of anilines is 1. The van der Waals surface area contributed by atoms with E-state index in [0.29, 0.717) is 30.2 Å². The van der Waals surface area contributed by atoms with Crippen LogP contribution in [-0.4, -0.2) is 82.7 Å². The summed E-state index contributed by atoms with van der Waals surface area (Å²) in [4.78, 5) is 48.3. The number of benzene rings is 2. The van der Waals surface area contributed by atoms with Crippen molar-refractivity contribution in [2.45, 2.75) is 50.5 Å². The molecule has 3 amide bonds. The lowest BCUT2D eigenvalue weighted by Gasteiger charge is -2.39. The Hall–Kier alpha value is -3.46. The van der Waals surface area contributed by atoms with Gasteiger partial charge in [-0.2, -0.15) is 0 Å². The van der Waals surface area contributed by atoms with Gasteiger partial charge in [0.2, 0.25) is 11.8 Å². The fraction of sp³-hybridized carbons (Fsp3) is 0.424. The van der Waals surface area contributed by atoms with Crippen molar-refractivity contribution in [1.29, 1.82) is 0 Å². The third-order valence-electron chi connectivity index (χ3n) is 9.05. The molecule has 4 aliphatic heterocycles. The lowest BCUT2D eigenvalue weighted by Crippen LogP contribution is -2.58. The molecule has 0 aliphatic carbocycles. The van der Waals surface area contributed by atoms with Crippen molar-refractivity contribution in [2.24, 2.45) is 11.8 Å². The van der Waals surface area contributed by atoms with E-state index in [1.165, 1.54) is 4.90 Å². The molecule has 0 saturated carbocycles. The smallest absolute Gasteiger partial charge is 0.253 e. The van der Waals surface area contributed by atoms with E-state index >= 15 is 0 Å². The molecule has 0 radical (unpaired) electrons. The van der Waals surface area contributed by atoms with Gasteiger partial charge in [-0.3, -0.25) is 14.4 Å². The molecule has 2 saturated heterocycles. The summed E-state index contributed by atoms with van der Waals surface area (Å²) in [6, 6.07) is 13.2. The van der Waals surface area contributed by atoms with Crippen LogP contribution in [0.25, 0.3) is 0 Å². The van der Waals surface area contributed by atoms with Crippen LogP contribution >= 0.6 is 11.6 Å².